The summed E-state index contributed by atoms with van der Waals surface area (Å²) in [6.07, 6.45) is 2.33. The molecule has 0 saturated carbocycles. The van der Waals surface area contributed by atoms with Crippen molar-refractivity contribution in [2.75, 3.05) is 6.54 Å². The van der Waals surface area contributed by atoms with Crippen LogP contribution in [0.4, 0.5) is 0 Å². The number of hydrogen-bond acceptors (Lipinski definition) is 1. The Balaban J connectivity index is 2.07. The molecule has 0 aliphatic rings. The van der Waals surface area contributed by atoms with E-state index in [0.29, 0.717) is 5.92 Å². The van der Waals surface area contributed by atoms with Crippen LogP contribution in [0.25, 0.3) is 11.1 Å². The quantitative estimate of drug-likeness (QED) is 0.700. The zero-order chi connectivity index (χ0) is 15.1. The summed E-state index contributed by atoms with van der Waals surface area (Å²) in [6, 6.07) is 17.9. The van der Waals surface area contributed by atoms with Crippen molar-refractivity contribution in [3.8, 4) is 11.1 Å². The van der Waals surface area contributed by atoms with Crippen molar-refractivity contribution in [3.05, 3.63) is 59.7 Å². The first-order valence-electron chi connectivity index (χ1n) is 8.08. The molecule has 0 atom stereocenters. The summed E-state index contributed by atoms with van der Waals surface area (Å²) in [5, 5.41) is 3.44. The monoisotopic (exact) mass is 281 g/mol. The van der Waals surface area contributed by atoms with Crippen molar-refractivity contribution in [1.82, 2.24) is 5.32 Å². The highest BCUT2D eigenvalue weighted by atomic mass is 14.8. The van der Waals surface area contributed by atoms with Gasteiger partial charge in [0.05, 0.1) is 0 Å². The van der Waals surface area contributed by atoms with Crippen LogP contribution in [0, 0.1) is 5.92 Å². The minimum absolute atomic E-state index is 0.701. The highest BCUT2D eigenvalue weighted by Gasteiger charge is 2.02. The lowest BCUT2D eigenvalue weighted by Gasteiger charge is -2.09. The van der Waals surface area contributed by atoms with Crippen LogP contribution in [0.3, 0.4) is 0 Å². The summed E-state index contributed by atoms with van der Waals surface area (Å²) in [7, 11) is 0. The van der Waals surface area contributed by atoms with Crippen molar-refractivity contribution < 1.29 is 0 Å². The lowest BCUT2D eigenvalue weighted by atomic mass is 9.97. The van der Waals surface area contributed by atoms with Gasteiger partial charge in [0.15, 0.2) is 0 Å². The van der Waals surface area contributed by atoms with Crippen LogP contribution in [0.1, 0.15) is 38.3 Å². The third kappa shape index (κ3) is 5.02. The molecule has 2 aromatic rings. The van der Waals surface area contributed by atoms with Gasteiger partial charge in [0, 0.05) is 6.54 Å². The van der Waals surface area contributed by atoms with E-state index in [1.165, 1.54) is 28.7 Å². The van der Waals surface area contributed by atoms with E-state index in [2.05, 4.69) is 74.6 Å². The maximum atomic E-state index is 3.44. The van der Waals surface area contributed by atoms with Crippen LogP contribution in [0.5, 0.6) is 0 Å². The molecule has 2 aromatic carbocycles. The molecule has 2 rings (SSSR count). The molecule has 1 N–H and O–H groups in total. The van der Waals surface area contributed by atoms with Gasteiger partial charge < -0.3 is 5.32 Å². The van der Waals surface area contributed by atoms with Gasteiger partial charge in [-0.2, -0.15) is 0 Å². The van der Waals surface area contributed by atoms with Crippen LogP contribution in [0.15, 0.2) is 48.5 Å². The standard InChI is InChI=1S/C20H27N/c1-4-12-21-15-17-8-10-19(11-9-17)20-7-5-6-18(14-20)13-16(2)3/h5-11,14,16,21H,4,12-13,15H2,1-3H3. The summed E-state index contributed by atoms with van der Waals surface area (Å²) in [5.41, 5.74) is 5.41. The van der Waals surface area contributed by atoms with Gasteiger partial charge in [-0.05, 0) is 47.6 Å². The topological polar surface area (TPSA) is 12.0 Å². The van der Waals surface area contributed by atoms with Gasteiger partial charge in [-0.25, -0.2) is 0 Å². The Morgan fingerprint density at radius 1 is 0.905 bits per heavy atom. The molecule has 112 valence electrons. The Bertz CT molecular complexity index is 540. The van der Waals surface area contributed by atoms with E-state index in [9.17, 15) is 0 Å². The van der Waals surface area contributed by atoms with E-state index in [1.807, 2.05) is 0 Å². The summed E-state index contributed by atoms with van der Waals surface area (Å²) in [4.78, 5) is 0. The fourth-order valence-electron chi connectivity index (χ4n) is 2.57. The minimum Gasteiger partial charge on any atom is -0.313 e. The average molecular weight is 281 g/mol. The Morgan fingerprint density at radius 2 is 1.67 bits per heavy atom. The molecule has 1 heteroatoms. The lowest BCUT2D eigenvalue weighted by molar-refractivity contribution is 0.647. The van der Waals surface area contributed by atoms with E-state index >= 15 is 0 Å². The molecule has 0 heterocycles. The Kier molecular flexibility index (Phi) is 6.01. The molecule has 0 saturated heterocycles. The lowest BCUT2D eigenvalue weighted by Crippen LogP contribution is -2.13. The molecule has 0 aliphatic heterocycles. The molecule has 0 radical (unpaired) electrons. The Hall–Kier alpha value is -1.60. The van der Waals surface area contributed by atoms with Gasteiger partial charge in [0.2, 0.25) is 0 Å². The number of rotatable bonds is 7. The Morgan fingerprint density at radius 3 is 2.33 bits per heavy atom. The molecule has 0 fully saturated rings. The normalized spacial score (nSPS) is 11.0. The van der Waals surface area contributed by atoms with Crippen LogP contribution < -0.4 is 5.32 Å². The van der Waals surface area contributed by atoms with Gasteiger partial charge in [-0.3, -0.25) is 0 Å². The van der Waals surface area contributed by atoms with Crippen LogP contribution in [-0.2, 0) is 13.0 Å². The van der Waals surface area contributed by atoms with E-state index in [1.54, 1.807) is 0 Å². The molecular formula is C20H27N. The van der Waals surface area contributed by atoms with Gasteiger partial charge in [-0.1, -0.05) is 69.3 Å². The second-order valence-corrected chi connectivity index (χ2v) is 6.17. The summed E-state index contributed by atoms with van der Waals surface area (Å²) >= 11 is 0. The molecule has 0 aliphatic carbocycles. The molecule has 0 amide bonds. The molecule has 0 bridgehead atoms. The predicted octanol–water partition coefficient (Wildman–Crippen LogP) is 5.05. The van der Waals surface area contributed by atoms with E-state index < -0.39 is 0 Å². The fraction of sp³-hybridized carbons (Fsp3) is 0.400. The fourth-order valence-corrected chi connectivity index (χ4v) is 2.57. The Labute approximate surface area is 129 Å². The van der Waals surface area contributed by atoms with Crippen molar-refractivity contribution in [1.29, 1.82) is 0 Å². The second-order valence-electron chi connectivity index (χ2n) is 6.17. The molecule has 1 nitrogen and oxygen atoms in total. The number of hydrogen-bond donors (Lipinski definition) is 1. The molecular weight excluding hydrogens is 254 g/mol. The maximum absolute atomic E-state index is 3.44. The predicted molar refractivity (Wildman–Crippen MR) is 92.4 cm³/mol. The van der Waals surface area contributed by atoms with E-state index in [0.717, 1.165) is 19.5 Å². The summed E-state index contributed by atoms with van der Waals surface area (Å²) in [5.74, 6) is 0.701. The number of benzene rings is 2. The third-order valence-electron chi connectivity index (χ3n) is 3.61. The molecule has 0 aromatic heterocycles. The highest BCUT2D eigenvalue weighted by Crippen LogP contribution is 2.22. The molecule has 0 spiro atoms. The minimum atomic E-state index is 0.701. The van der Waals surface area contributed by atoms with Gasteiger partial charge >= 0.3 is 0 Å². The third-order valence-corrected chi connectivity index (χ3v) is 3.61. The largest absolute Gasteiger partial charge is 0.313 e. The van der Waals surface area contributed by atoms with Crippen LogP contribution in [0.2, 0.25) is 0 Å². The first-order chi connectivity index (χ1) is 10.2. The van der Waals surface area contributed by atoms with Crippen molar-refractivity contribution >= 4 is 0 Å². The first-order valence-corrected chi connectivity index (χ1v) is 8.08. The van der Waals surface area contributed by atoms with Crippen molar-refractivity contribution in [2.24, 2.45) is 5.92 Å². The zero-order valence-electron chi connectivity index (χ0n) is 13.5. The zero-order valence-corrected chi connectivity index (χ0v) is 13.5. The summed E-state index contributed by atoms with van der Waals surface area (Å²) in [6.45, 7) is 8.77. The first kappa shape index (κ1) is 15.8. The number of nitrogens with one attached hydrogen (secondary N) is 1. The van der Waals surface area contributed by atoms with E-state index in [-0.39, 0.29) is 0 Å². The molecule has 0 unspecified atom stereocenters. The average Bonchev–Trinajstić information content (AvgIpc) is 2.48. The van der Waals surface area contributed by atoms with Crippen molar-refractivity contribution in [3.63, 3.8) is 0 Å². The summed E-state index contributed by atoms with van der Waals surface area (Å²) < 4.78 is 0. The van der Waals surface area contributed by atoms with Gasteiger partial charge in [0.1, 0.15) is 0 Å². The van der Waals surface area contributed by atoms with Gasteiger partial charge in [-0.15, -0.1) is 0 Å². The van der Waals surface area contributed by atoms with E-state index in [4.69, 9.17) is 0 Å². The SMILES string of the molecule is CCCNCc1ccc(-c2cccc(CC(C)C)c2)cc1. The smallest absolute Gasteiger partial charge is 0.0205 e. The second kappa shape index (κ2) is 7.99. The van der Waals surface area contributed by atoms with Gasteiger partial charge in [0.25, 0.3) is 0 Å². The highest BCUT2D eigenvalue weighted by molar-refractivity contribution is 5.64. The van der Waals surface area contributed by atoms with Crippen LogP contribution >= 0.6 is 0 Å². The molecule has 21 heavy (non-hydrogen) atoms. The maximum Gasteiger partial charge on any atom is 0.0205 e. The van der Waals surface area contributed by atoms with Crippen LogP contribution in [-0.4, -0.2) is 6.54 Å². The van der Waals surface area contributed by atoms with Crippen molar-refractivity contribution in [2.45, 2.75) is 40.2 Å².